The van der Waals surface area contributed by atoms with Crippen molar-refractivity contribution in [1.29, 1.82) is 0 Å². The van der Waals surface area contributed by atoms with Gasteiger partial charge in [0.25, 0.3) is 0 Å². The fraction of sp³-hybridized carbons (Fsp3) is 0.481. The minimum atomic E-state index is -1.23. The van der Waals surface area contributed by atoms with Gasteiger partial charge in [0.15, 0.2) is 0 Å². The van der Waals surface area contributed by atoms with E-state index in [0.717, 1.165) is 36.8 Å². The van der Waals surface area contributed by atoms with Gasteiger partial charge in [-0.15, -0.1) is 5.10 Å². The summed E-state index contributed by atoms with van der Waals surface area (Å²) in [5.74, 6) is 0.228. The summed E-state index contributed by atoms with van der Waals surface area (Å²) in [5, 5.41) is 11.1. The van der Waals surface area contributed by atoms with Gasteiger partial charge in [0.05, 0.1) is 5.25 Å². The van der Waals surface area contributed by atoms with E-state index < -0.39 is 11.0 Å². The molecule has 7 nitrogen and oxygen atoms in total. The second-order valence-electron chi connectivity index (χ2n) is 9.86. The van der Waals surface area contributed by atoms with Crippen LogP contribution in [-0.4, -0.2) is 44.5 Å². The maximum atomic E-state index is 15.6. The number of halogens is 1. The summed E-state index contributed by atoms with van der Waals surface area (Å²) in [4.78, 5) is 0. The van der Waals surface area contributed by atoms with Gasteiger partial charge in [0, 0.05) is 50.2 Å². The van der Waals surface area contributed by atoms with Crippen LogP contribution in [-0.2, 0) is 27.7 Å². The van der Waals surface area contributed by atoms with Crippen LogP contribution in [0, 0.1) is 12.7 Å². The first-order valence-corrected chi connectivity index (χ1v) is 13.8. The average Bonchev–Trinajstić information content (AvgIpc) is 3.32. The van der Waals surface area contributed by atoms with Gasteiger partial charge in [-0.05, 0) is 49.8 Å². The van der Waals surface area contributed by atoms with Gasteiger partial charge in [-0.2, -0.15) is 0 Å². The molecule has 3 heterocycles. The SMILES string of the molecule is Cc1nnc(NCC2(c3ccc(CN4[C@@H](C)CC[C@H](c5ccccc5)S4=O)c(F)c3)CCOCC2)o1. The quantitative estimate of drug-likeness (QED) is 0.476. The molecular formula is C27H33FN4O3S. The molecular weight excluding hydrogens is 479 g/mol. The smallest absolute Gasteiger partial charge is 0.315 e. The predicted octanol–water partition coefficient (Wildman–Crippen LogP) is 5.07. The zero-order valence-electron chi connectivity index (χ0n) is 20.8. The summed E-state index contributed by atoms with van der Waals surface area (Å²) in [6.07, 6.45) is 3.32. The van der Waals surface area contributed by atoms with Crippen molar-refractivity contribution in [3.8, 4) is 0 Å². The van der Waals surface area contributed by atoms with E-state index >= 15 is 4.39 Å². The van der Waals surface area contributed by atoms with Crippen molar-refractivity contribution in [2.24, 2.45) is 0 Å². The fourth-order valence-corrected chi connectivity index (χ4v) is 7.05. The number of anilines is 1. The molecule has 3 atom stereocenters. The van der Waals surface area contributed by atoms with E-state index in [1.807, 2.05) is 46.8 Å². The summed E-state index contributed by atoms with van der Waals surface area (Å²) in [7, 11) is -1.23. The standard InChI is InChI=1S/C27H33FN4O3S/c1-19-8-11-25(21-6-4-3-5-7-21)36(33)32(19)17-22-9-10-23(16-24(22)28)27(12-14-34-15-13-27)18-29-26-31-30-20(2)35-26/h3-7,9-10,16,19,25H,8,11-15,17-18H2,1-2H3,(H,29,31)/t19-,25+,36?/m0/s1. The van der Waals surface area contributed by atoms with Crippen molar-refractivity contribution >= 4 is 17.0 Å². The fourth-order valence-electron chi connectivity index (χ4n) is 5.26. The third-order valence-electron chi connectivity index (χ3n) is 7.53. The molecule has 5 rings (SSSR count). The van der Waals surface area contributed by atoms with Crippen LogP contribution in [0.2, 0.25) is 0 Å². The zero-order valence-corrected chi connectivity index (χ0v) is 21.6. The number of aryl methyl sites for hydroxylation is 1. The van der Waals surface area contributed by atoms with Crippen LogP contribution in [0.3, 0.4) is 0 Å². The molecule has 3 aromatic rings. The molecule has 2 fully saturated rings. The molecule has 2 aromatic carbocycles. The Hall–Kier alpha value is -2.62. The molecule has 0 bridgehead atoms. The van der Waals surface area contributed by atoms with E-state index in [2.05, 4.69) is 22.4 Å². The molecule has 1 N–H and O–H groups in total. The molecule has 2 aliphatic rings. The largest absolute Gasteiger partial charge is 0.408 e. The molecule has 9 heteroatoms. The lowest BCUT2D eigenvalue weighted by Crippen LogP contribution is -2.41. The Morgan fingerprint density at radius 2 is 1.92 bits per heavy atom. The Kier molecular flexibility index (Phi) is 7.50. The van der Waals surface area contributed by atoms with Gasteiger partial charge >= 0.3 is 6.01 Å². The number of hydrogen-bond donors (Lipinski definition) is 1. The third-order valence-corrected chi connectivity index (χ3v) is 9.48. The van der Waals surface area contributed by atoms with Crippen LogP contribution < -0.4 is 5.32 Å². The van der Waals surface area contributed by atoms with Gasteiger partial charge < -0.3 is 14.5 Å². The van der Waals surface area contributed by atoms with E-state index in [9.17, 15) is 4.21 Å². The van der Waals surface area contributed by atoms with Crippen LogP contribution in [0.1, 0.15) is 60.4 Å². The number of nitrogens with one attached hydrogen (secondary N) is 1. The highest BCUT2D eigenvalue weighted by molar-refractivity contribution is 7.83. The van der Waals surface area contributed by atoms with Crippen molar-refractivity contribution < 1.29 is 17.8 Å². The van der Waals surface area contributed by atoms with Crippen molar-refractivity contribution in [2.45, 2.75) is 62.8 Å². The Morgan fingerprint density at radius 3 is 2.61 bits per heavy atom. The minimum absolute atomic E-state index is 0.0605. The first-order chi connectivity index (χ1) is 17.4. The van der Waals surface area contributed by atoms with Crippen LogP contribution in [0.4, 0.5) is 10.4 Å². The minimum Gasteiger partial charge on any atom is -0.408 e. The van der Waals surface area contributed by atoms with E-state index in [1.165, 1.54) is 0 Å². The highest BCUT2D eigenvalue weighted by atomic mass is 32.2. The number of nitrogens with zero attached hydrogens (tertiary/aromatic N) is 3. The summed E-state index contributed by atoms with van der Waals surface area (Å²) < 4.78 is 42.1. The van der Waals surface area contributed by atoms with E-state index in [1.54, 1.807) is 13.0 Å². The molecule has 0 radical (unpaired) electrons. The number of hydrogen-bond acceptors (Lipinski definition) is 6. The Morgan fingerprint density at radius 1 is 1.14 bits per heavy atom. The lowest BCUT2D eigenvalue weighted by molar-refractivity contribution is 0.0541. The van der Waals surface area contributed by atoms with Crippen LogP contribution in [0.15, 0.2) is 52.9 Å². The second-order valence-corrected chi connectivity index (χ2v) is 11.4. The molecule has 1 unspecified atom stereocenters. The van der Waals surface area contributed by atoms with Crippen LogP contribution in [0.5, 0.6) is 0 Å². The first-order valence-electron chi connectivity index (χ1n) is 12.6. The van der Waals surface area contributed by atoms with Gasteiger partial charge in [-0.1, -0.05) is 47.6 Å². The highest BCUT2D eigenvalue weighted by Gasteiger charge is 2.37. The predicted molar refractivity (Wildman–Crippen MR) is 137 cm³/mol. The molecule has 0 aliphatic carbocycles. The van der Waals surface area contributed by atoms with E-state index in [4.69, 9.17) is 9.15 Å². The Bertz CT molecular complexity index is 1200. The molecule has 36 heavy (non-hydrogen) atoms. The first kappa shape index (κ1) is 25.0. The normalized spacial score (nSPS) is 24.5. The van der Waals surface area contributed by atoms with Crippen molar-refractivity contribution in [2.75, 3.05) is 25.1 Å². The lowest BCUT2D eigenvalue weighted by atomic mass is 9.74. The average molecular weight is 513 g/mol. The molecule has 0 spiro atoms. The Labute approximate surface area is 214 Å². The highest BCUT2D eigenvalue weighted by Crippen LogP contribution is 2.38. The summed E-state index contributed by atoms with van der Waals surface area (Å²) in [6.45, 7) is 5.90. The number of benzene rings is 2. The van der Waals surface area contributed by atoms with Gasteiger partial charge in [-0.3, -0.25) is 0 Å². The van der Waals surface area contributed by atoms with Gasteiger partial charge in [-0.25, -0.2) is 12.9 Å². The van der Waals surface area contributed by atoms with Crippen molar-refractivity contribution in [3.63, 3.8) is 0 Å². The second kappa shape index (κ2) is 10.8. The maximum Gasteiger partial charge on any atom is 0.315 e. The van der Waals surface area contributed by atoms with Crippen molar-refractivity contribution in [3.05, 3.63) is 76.9 Å². The number of ether oxygens (including phenoxy) is 1. The van der Waals surface area contributed by atoms with E-state index in [0.29, 0.717) is 43.8 Å². The van der Waals surface area contributed by atoms with Crippen LogP contribution >= 0.6 is 0 Å². The summed E-state index contributed by atoms with van der Waals surface area (Å²) >= 11 is 0. The van der Waals surface area contributed by atoms with Gasteiger partial charge in [0.1, 0.15) is 16.8 Å². The van der Waals surface area contributed by atoms with Gasteiger partial charge in [0.2, 0.25) is 5.89 Å². The lowest BCUT2D eigenvalue weighted by Gasteiger charge is -2.38. The van der Waals surface area contributed by atoms with E-state index in [-0.39, 0.29) is 22.5 Å². The number of rotatable bonds is 7. The molecule has 1 aromatic heterocycles. The van der Waals surface area contributed by atoms with Crippen molar-refractivity contribution in [1.82, 2.24) is 14.5 Å². The molecule has 0 amide bonds. The topological polar surface area (TPSA) is 80.5 Å². The molecule has 2 aliphatic heterocycles. The molecule has 192 valence electrons. The number of aromatic nitrogens is 2. The maximum absolute atomic E-state index is 15.6. The molecule has 0 saturated carbocycles. The monoisotopic (exact) mass is 512 g/mol. The third kappa shape index (κ3) is 5.23. The zero-order chi connectivity index (χ0) is 25.1. The summed E-state index contributed by atoms with van der Waals surface area (Å²) in [5.41, 5.74) is 2.26. The van der Waals surface area contributed by atoms with Crippen LogP contribution in [0.25, 0.3) is 0 Å². The summed E-state index contributed by atoms with van der Waals surface area (Å²) in [6, 6.07) is 16.0. The molecule has 2 saturated heterocycles. The Balaban J connectivity index is 1.35.